The molecule has 0 radical (unpaired) electrons. The average molecular weight is 345 g/mol. The van der Waals surface area contributed by atoms with E-state index in [4.69, 9.17) is 5.11 Å². The number of nitrogens with one attached hydrogen (secondary N) is 2. The summed E-state index contributed by atoms with van der Waals surface area (Å²) in [5.74, 6) is -1.15. The SMILES string of the molecule is Cc1cc(N/C=C2\C(=O)Nc3ccc4ncccc4c32)ccc1C(=O)O. The number of hydrogen-bond donors (Lipinski definition) is 3. The standard InChI is InChI=1S/C20H15N3O3/c1-11-9-12(4-5-13(11)20(25)26)22-10-15-18-14-3-2-8-21-16(14)6-7-17(18)23-19(15)24/h2-10,22H,1H3,(H,23,24)(H,25,26)/b15-10-. The molecule has 2 aromatic carbocycles. The number of aromatic nitrogens is 1. The Morgan fingerprint density at radius 1 is 1.23 bits per heavy atom. The van der Waals surface area contributed by atoms with Crippen molar-refractivity contribution in [3.8, 4) is 0 Å². The van der Waals surface area contributed by atoms with Gasteiger partial charge in [0.2, 0.25) is 0 Å². The van der Waals surface area contributed by atoms with Gasteiger partial charge < -0.3 is 15.7 Å². The molecular formula is C20H15N3O3. The summed E-state index contributed by atoms with van der Waals surface area (Å²) in [5, 5.41) is 16.0. The highest BCUT2D eigenvalue weighted by Gasteiger charge is 2.26. The molecule has 6 nitrogen and oxygen atoms in total. The molecule has 0 atom stereocenters. The number of fused-ring (bicyclic) bond motifs is 3. The molecule has 0 saturated carbocycles. The van der Waals surface area contributed by atoms with Crippen LogP contribution in [0.2, 0.25) is 0 Å². The quantitative estimate of drug-likeness (QED) is 0.630. The van der Waals surface area contributed by atoms with Gasteiger partial charge in [0.05, 0.1) is 16.7 Å². The minimum Gasteiger partial charge on any atom is -0.478 e. The third-order valence-electron chi connectivity index (χ3n) is 4.39. The first-order valence-electron chi connectivity index (χ1n) is 8.05. The van der Waals surface area contributed by atoms with Gasteiger partial charge in [-0.1, -0.05) is 6.07 Å². The molecule has 4 rings (SSSR count). The van der Waals surface area contributed by atoms with Crippen molar-refractivity contribution < 1.29 is 14.7 Å². The molecule has 1 aromatic heterocycles. The number of hydrogen-bond acceptors (Lipinski definition) is 4. The van der Waals surface area contributed by atoms with Crippen LogP contribution < -0.4 is 10.6 Å². The smallest absolute Gasteiger partial charge is 0.335 e. The molecule has 0 fully saturated rings. The number of carboxylic acid groups (broad SMARTS) is 1. The molecular weight excluding hydrogens is 330 g/mol. The largest absolute Gasteiger partial charge is 0.478 e. The zero-order chi connectivity index (χ0) is 18.3. The molecule has 3 N–H and O–H groups in total. The van der Waals surface area contributed by atoms with Crippen molar-refractivity contribution in [3.05, 3.63) is 71.6 Å². The van der Waals surface area contributed by atoms with Gasteiger partial charge in [0, 0.05) is 34.7 Å². The maximum absolute atomic E-state index is 12.4. The summed E-state index contributed by atoms with van der Waals surface area (Å²) in [7, 11) is 0. The van der Waals surface area contributed by atoms with Crippen molar-refractivity contribution in [2.24, 2.45) is 0 Å². The first-order valence-corrected chi connectivity index (χ1v) is 8.05. The molecule has 2 heterocycles. The van der Waals surface area contributed by atoms with Crippen LogP contribution in [0.15, 0.2) is 54.9 Å². The van der Waals surface area contributed by atoms with Crippen molar-refractivity contribution in [2.45, 2.75) is 6.92 Å². The van der Waals surface area contributed by atoms with Crippen LogP contribution in [0.4, 0.5) is 11.4 Å². The van der Waals surface area contributed by atoms with Crippen molar-refractivity contribution in [1.82, 2.24) is 4.98 Å². The van der Waals surface area contributed by atoms with E-state index in [-0.39, 0.29) is 11.5 Å². The Balaban J connectivity index is 1.73. The first kappa shape index (κ1) is 15.8. The average Bonchev–Trinajstić information content (AvgIpc) is 2.95. The number of carbonyl (C=O) groups excluding carboxylic acids is 1. The number of aryl methyl sites for hydroxylation is 1. The van der Waals surface area contributed by atoms with Crippen molar-refractivity contribution in [2.75, 3.05) is 10.6 Å². The van der Waals surface area contributed by atoms with E-state index in [9.17, 15) is 9.59 Å². The molecule has 0 aliphatic carbocycles. The lowest BCUT2D eigenvalue weighted by Crippen LogP contribution is -2.05. The van der Waals surface area contributed by atoms with Gasteiger partial charge in [-0.05, 0) is 48.9 Å². The number of rotatable bonds is 3. The lowest BCUT2D eigenvalue weighted by Gasteiger charge is -2.07. The molecule has 0 saturated heterocycles. The minimum absolute atomic E-state index is 0.192. The summed E-state index contributed by atoms with van der Waals surface area (Å²) in [4.78, 5) is 27.8. The Labute approximate surface area is 149 Å². The van der Waals surface area contributed by atoms with E-state index in [1.807, 2.05) is 24.3 Å². The van der Waals surface area contributed by atoms with Crippen LogP contribution in [-0.2, 0) is 4.79 Å². The van der Waals surface area contributed by atoms with E-state index in [1.165, 1.54) is 0 Å². The van der Waals surface area contributed by atoms with E-state index >= 15 is 0 Å². The predicted octanol–water partition coefficient (Wildman–Crippen LogP) is 3.65. The van der Waals surface area contributed by atoms with E-state index in [0.29, 0.717) is 16.8 Å². The topological polar surface area (TPSA) is 91.3 Å². The normalized spacial score (nSPS) is 14.3. The number of carboxylic acids is 1. The van der Waals surface area contributed by atoms with Crippen LogP contribution in [-0.4, -0.2) is 22.0 Å². The Hall–Kier alpha value is -3.67. The van der Waals surface area contributed by atoms with Gasteiger partial charge in [0.15, 0.2) is 0 Å². The van der Waals surface area contributed by atoms with Crippen LogP contribution >= 0.6 is 0 Å². The van der Waals surface area contributed by atoms with Crippen LogP contribution in [0.3, 0.4) is 0 Å². The fourth-order valence-electron chi connectivity index (χ4n) is 3.14. The van der Waals surface area contributed by atoms with Crippen molar-refractivity contribution in [3.63, 3.8) is 0 Å². The first-order chi connectivity index (χ1) is 12.5. The molecule has 6 heteroatoms. The Morgan fingerprint density at radius 3 is 2.85 bits per heavy atom. The van der Waals surface area contributed by atoms with Crippen LogP contribution in [0.25, 0.3) is 16.5 Å². The second-order valence-corrected chi connectivity index (χ2v) is 6.05. The number of benzene rings is 2. The highest BCUT2D eigenvalue weighted by Crippen LogP contribution is 2.37. The van der Waals surface area contributed by atoms with Gasteiger partial charge in [-0.25, -0.2) is 4.79 Å². The summed E-state index contributed by atoms with van der Waals surface area (Å²) in [6, 6.07) is 12.4. The lowest BCUT2D eigenvalue weighted by molar-refractivity contribution is -0.110. The van der Waals surface area contributed by atoms with Gasteiger partial charge in [0.1, 0.15) is 0 Å². The summed E-state index contributed by atoms with van der Waals surface area (Å²) < 4.78 is 0. The number of carbonyl (C=O) groups is 2. The Bertz CT molecular complexity index is 1100. The van der Waals surface area contributed by atoms with Gasteiger partial charge >= 0.3 is 5.97 Å². The maximum Gasteiger partial charge on any atom is 0.335 e. The van der Waals surface area contributed by atoms with E-state index in [0.717, 1.165) is 22.2 Å². The molecule has 1 aliphatic rings. The number of amides is 1. The van der Waals surface area contributed by atoms with Crippen molar-refractivity contribution in [1.29, 1.82) is 0 Å². The minimum atomic E-state index is -0.963. The summed E-state index contributed by atoms with van der Waals surface area (Å²) >= 11 is 0. The molecule has 0 spiro atoms. The summed E-state index contributed by atoms with van der Waals surface area (Å²) in [6.45, 7) is 1.73. The molecule has 1 aliphatic heterocycles. The number of pyridine rings is 1. The molecule has 26 heavy (non-hydrogen) atoms. The van der Waals surface area contributed by atoms with Crippen molar-refractivity contribution >= 4 is 39.7 Å². The van der Waals surface area contributed by atoms with Crippen LogP contribution in [0, 0.1) is 6.92 Å². The second kappa shape index (κ2) is 6.00. The van der Waals surface area contributed by atoms with Crippen LogP contribution in [0.1, 0.15) is 21.5 Å². The van der Waals surface area contributed by atoms with Crippen LogP contribution in [0.5, 0.6) is 0 Å². The Kier molecular flexibility index (Phi) is 3.65. The monoisotopic (exact) mass is 345 g/mol. The Morgan fingerprint density at radius 2 is 2.08 bits per heavy atom. The highest BCUT2D eigenvalue weighted by atomic mass is 16.4. The number of anilines is 2. The molecule has 1 amide bonds. The van der Waals surface area contributed by atoms with E-state index in [2.05, 4.69) is 15.6 Å². The van der Waals surface area contributed by atoms with Gasteiger partial charge in [-0.2, -0.15) is 0 Å². The zero-order valence-corrected chi connectivity index (χ0v) is 13.9. The van der Waals surface area contributed by atoms with Gasteiger partial charge in [0.25, 0.3) is 5.91 Å². The summed E-state index contributed by atoms with van der Waals surface area (Å²) in [6.07, 6.45) is 3.36. The number of aromatic carboxylic acids is 1. The fraction of sp³-hybridized carbons (Fsp3) is 0.0500. The predicted molar refractivity (Wildman–Crippen MR) is 100 cm³/mol. The third kappa shape index (κ3) is 2.57. The molecule has 0 unspecified atom stereocenters. The second-order valence-electron chi connectivity index (χ2n) is 6.05. The highest BCUT2D eigenvalue weighted by molar-refractivity contribution is 6.34. The van der Waals surface area contributed by atoms with E-state index in [1.54, 1.807) is 37.5 Å². The fourth-order valence-corrected chi connectivity index (χ4v) is 3.14. The number of nitrogens with zero attached hydrogens (tertiary/aromatic N) is 1. The third-order valence-corrected chi connectivity index (χ3v) is 4.39. The molecule has 3 aromatic rings. The summed E-state index contributed by atoms with van der Waals surface area (Å²) in [5.41, 5.74) is 4.50. The lowest BCUT2D eigenvalue weighted by atomic mass is 10.0. The molecule has 0 bridgehead atoms. The zero-order valence-electron chi connectivity index (χ0n) is 13.9. The van der Waals surface area contributed by atoms with E-state index < -0.39 is 5.97 Å². The maximum atomic E-state index is 12.4. The van der Waals surface area contributed by atoms with Gasteiger partial charge in [-0.3, -0.25) is 9.78 Å². The van der Waals surface area contributed by atoms with Gasteiger partial charge in [-0.15, -0.1) is 0 Å². The molecule has 128 valence electrons.